The summed E-state index contributed by atoms with van der Waals surface area (Å²) in [6, 6.07) is 23.5. The molecule has 0 fully saturated rings. The maximum atomic E-state index is 11.1. The van der Waals surface area contributed by atoms with E-state index in [4.69, 9.17) is 4.74 Å². The van der Waals surface area contributed by atoms with Gasteiger partial charge in [0.25, 0.3) is 5.69 Å². The molecule has 8 nitrogen and oxygen atoms in total. The van der Waals surface area contributed by atoms with Crippen molar-refractivity contribution in [2.24, 2.45) is 0 Å². The first kappa shape index (κ1) is 20.0. The van der Waals surface area contributed by atoms with Gasteiger partial charge in [-0.15, -0.1) is 0 Å². The Balaban J connectivity index is 0.00000240. The van der Waals surface area contributed by atoms with Crippen molar-refractivity contribution in [3.05, 3.63) is 89.0 Å². The Labute approximate surface area is 172 Å². The molecule has 29 heavy (non-hydrogen) atoms. The van der Waals surface area contributed by atoms with Gasteiger partial charge in [0, 0.05) is 16.9 Å². The van der Waals surface area contributed by atoms with Gasteiger partial charge in [-0.3, -0.25) is 10.1 Å². The largest absolute Gasteiger partial charge is 1.00 e. The molecule has 1 aromatic heterocycles. The fourth-order valence-electron chi connectivity index (χ4n) is 2.82. The van der Waals surface area contributed by atoms with Crippen molar-refractivity contribution in [1.82, 2.24) is 15.0 Å². The first-order chi connectivity index (χ1) is 13.7. The van der Waals surface area contributed by atoms with Crippen LogP contribution in [0.3, 0.4) is 0 Å². The molecule has 4 rings (SSSR count). The minimum Gasteiger partial charge on any atom is -1.00 e. The van der Waals surface area contributed by atoms with Crippen LogP contribution < -0.4 is 21.9 Å². The molecule has 0 saturated carbocycles. The van der Waals surface area contributed by atoms with Crippen LogP contribution in [0.15, 0.2) is 78.9 Å². The molecule has 9 heteroatoms. The van der Waals surface area contributed by atoms with Crippen molar-refractivity contribution in [2.75, 3.05) is 7.11 Å². The molecule has 0 atom stereocenters. The number of hydrogen-bond donors (Lipinski definition) is 0. The van der Waals surface area contributed by atoms with Gasteiger partial charge in [0.05, 0.1) is 28.8 Å². The molecule has 0 saturated heterocycles. The van der Waals surface area contributed by atoms with Gasteiger partial charge in [0.2, 0.25) is 5.69 Å². The molecule has 0 aliphatic heterocycles. The van der Waals surface area contributed by atoms with Crippen LogP contribution in [-0.2, 0) is 0 Å². The summed E-state index contributed by atoms with van der Waals surface area (Å²) in [5, 5.41) is 20.4. The second kappa shape index (κ2) is 8.49. The van der Waals surface area contributed by atoms with E-state index in [9.17, 15) is 10.1 Å². The number of aromatic nitrogens is 4. The number of non-ortho nitro benzene ring substituents is 1. The summed E-state index contributed by atoms with van der Waals surface area (Å²) >= 11 is 0. The van der Waals surface area contributed by atoms with Gasteiger partial charge in [0.1, 0.15) is 5.69 Å². The molecule has 4 aromatic rings. The molecule has 3 aromatic carbocycles. The normalized spacial score (nSPS) is 10.2. The smallest absolute Gasteiger partial charge is 0.340 e. The molecule has 0 N–H and O–H groups in total. The number of methoxy groups -OCH3 is 1. The number of tetrazole rings is 1. The third-order valence-electron chi connectivity index (χ3n) is 4.17. The summed E-state index contributed by atoms with van der Waals surface area (Å²) in [5.41, 5.74) is 2.12. The molecule has 146 valence electrons. The molecule has 0 bridgehead atoms. The summed E-state index contributed by atoms with van der Waals surface area (Å²) in [5.74, 6) is 0.841. The zero-order valence-electron chi connectivity index (χ0n) is 15.3. The van der Waals surface area contributed by atoms with Gasteiger partial charge >= 0.3 is 5.82 Å². The number of benzene rings is 3. The Hall–Kier alpha value is -3.78. The summed E-state index contributed by atoms with van der Waals surface area (Å²) in [7, 11) is 1.46. The molecule has 0 spiro atoms. The minimum atomic E-state index is -0.464. The Morgan fingerprint density at radius 1 is 1.00 bits per heavy atom. The van der Waals surface area contributed by atoms with Crippen LogP contribution in [0.2, 0.25) is 0 Å². The highest BCUT2D eigenvalue weighted by Gasteiger charge is 2.26. The number of rotatable bonds is 5. The van der Waals surface area contributed by atoms with Crippen molar-refractivity contribution in [1.29, 1.82) is 0 Å². The molecule has 0 aliphatic rings. The van der Waals surface area contributed by atoms with E-state index in [0.29, 0.717) is 17.3 Å². The summed E-state index contributed by atoms with van der Waals surface area (Å²) in [4.78, 5) is 13.8. The maximum Gasteiger partial charge on any atom is 0.340 e. The lowest BCUT2D eigenvalue weighted by Crippen LogP contribution is -3.00. The third kappa shape index (κ3) is 3.92. The molecular formula is C20H16ClN5O3. The average Bonchev–Trinajstić information content (AvgIpc) is 3.19. The van der Waals surface area contributed by atoms with E-state index in [2.05, 4.69) is 10.2 Å². The van der Waals surface area contributed by atoms with Gasteiger partial charge in [-0.05, 0) is 34.2 Å². The van der Waals surface area contributed by atoms with E-state index < -0.39 is 4.92 Å². The van der Waals surface area contributed by atoms with Gasteiger partial charge in [-0.1, -0.05) is 36.4 Å². The highest BCUT2D eigenvalue weighted by Crippen LogP contribution is 2.25. The van der Waals surface area contributed by atoms with Crippen LogP contribution in [0.5, 0.6) is 5.75 Å². The van der Waals surface area contributed by atoms with Crippen LogP contribution in [0, 0.1) is 10.1 Å². The SMILES string of the molecule is COc1cc([N+](=O)[O-])ccc1-[n+]1nc(-c2ccccc2)nn1-c1ccccc1.[Cl-]. The monoisotopic (exact) mass is 409 g/mol. The molecular weight excluding hydrogens is 394 g/mol. The minimum absolute atomic E-state index is 0. The van der Waals surface area contributed by atoms with Gasteiger partial charge in [0.15, 0.2) is 5.75 Å². The average molecular weight is 410 g/mol. The first-order valence-electron chi connectivity index (χ1n) is 8.50. The lowest BCUT2D eigenvalue weighted by Gasteiger charge is -2.05. The zero-order chi connectivity index (χ0) is 19.5. The number of para-hydroxylation sites is 1. The maximum absolute atomic E-state index is 11.1. The van der Waals surface area contributed by atoms with Gasteiger partial charge < -0.3 is 17.1 Å². The van der Waals surface area contributed by atoms with E-state index in [-0.39, 0.29) is 18.1 Å². The van der Waals surface area contributed by atoms with Crippen LogP contribution in [0.4, 0.5) is 5.69 Å². The molecule has 0 unspecified atom stereocenters. The number of nitro benzene ring substituents is 1. The summed E-state index contributed by atoms with van der Waals surface area (Å²) < 4.78 is 5.39. The summed E-state index contributed by atoms with van der Waals surface area (Å²) in [6.45, 7) is 0. The fourth-order valence-corrected chi connectivity index (χ4v) is 2.82. The first-order valence-corrected chi connectivity index (χ1v) is 8.50. The molecule has 0 amide bonds. The lowest BCUT2D eigenvalue weighted by atomic mass is 10.2. The van der Waals surface area contributed by atoms with E-state index in [1.54, 1.807) is 15.7 Å². The number of nitro groups is 1. The van der Waals surface area contributed by atoms with Crippen molar-refractivity contribution < 1.29 is 26.9 Å². The lowest BCUT2D eigenvalue weighted by molar-refractivity contribution is -0.734. The Morgan fingerprint density at radius 3 is 2.28 bits per heavy atom. The van der Waals surface area contributed by atoms with Crippen molar-refractivity contribution >= 4 is 5.69 Å². The number of ether oxygens (including phenoxy) is 1. The quantitative estimate of drug-likeness (QED) is 0.266. The van der Waals surface area contributed by atoms with Crippen LogP contribution >= 0.6 is 0 Å². The van der Waals surface area contributed by atoms with Crippen molar-refractivity contribution in [3.63, 3.8) is 0 Å². The van der Waals surface area contributed by atoms with Crippen LogP contribution in [-0.4, -0.2) is 27.0 Å². The molecule has 0 radical (unpaired) electrons. The predicted molar refractivity (Wildman–Crippen MR) is 102 cm³/mol. The standard InChI is InChI=1S/C20H16N5O3.ClH/c1-28-19-14-17(25(26)27)12-13-18(19)24-22-20(15-8-4-2-5-9-15)21-23(24)16-10-6-3-7-11-16;/h2-14H,1H3;1H/q+1;/p-1. The van der Waals surface area contributed by atoms with E-state index in [1.807, 2.05) is 60.7 Å². The van der Waals surface area contributed by atoms with Gasteiger partial charge in [-0.25, -0.2) is 0 Å². The Bertz CT molecular complexity index is 1130. The highest BCUT2D eigenvalue weighted by molar-refractivity contribution is 5.53. The van der Waals surface area contributed by atoms with E-state index >= 15 is 0 Å². The number of halogens is 1. The third-order valence-corrected chi connectivity index (χ3v) is 4.17. The Morgan fingerprint density at radius 2 is 1.66 bits per heavy atom. The van der Waals surface area contributed by atoms with Crippen molar-refractivity contribution in [2.45, 2.75) is 0 Å². The summed E-state index contributed by atoms with van der Waals surface area (Å²) in [6.07, 6.45) is 0. The number of nitrogens with zero attached hydrogens (tertiary/aromatic N) is 5. The second-order valence-corrected chi connectivity index (χ2v) is 5.92. The molecule has 1 heterocycles. The predicted octanol–water partition coefficient (Wildman–Crippen LogP) is 0.132. The van der Waals surface area contributed by atoms with Crippen LogP contribution in [0.25, 0.3) is 22.8 Å². The van der Waals surface area contributed by atoms with E-state index in [0.717, 1.165) is 11.3 Å². The zero-order valence-corrected chi connectivity index (χ0v) is 16.1. The highest BCUT2D eigenvalue weighted by atomic mass is 35.5. The second-order valence-electron chi connectivity index (χ2n) is 5.92. The number of hydrogen-bond acceptors (Lipinski definition) is 5. The molecule has 0 aliphatic carbocycles. The van der Waals surface area contributed by atoms with E-state index in [1.165, 1.54) is 19.2 Å². The fraction of sp³-hybridized carbons (Fsp3) is 0.0500. The topological polar surface area (TPSA) is 87.0 Å². The van der Waals surface area contributed by atoms with Crippen molar-refractivity contribution in [3.8, 4) is 28.5 Å². The van der Waals surface area contributed by atoms with Gasteiger partial charge in [-0.2, -0.15) is 0 Å². The Kier molecular flexibility index (Phi) is 5.85. The van der Waals surface area contributed by atoms with Crippen LogP contribution in [0.1, 0.15) is 0 Å².